The Bertz CT molecular complexity index is 945. The van der Waals surface area contributed by atoms with Crippen molar-refractivity contribution in [1.82, 2.24) is 0 Å². The first kappa shape index (κ1) is 54.5. The number of hydrogen-bond donors (Lipinski definition) is 4. The molecule has 0 radical (unpaired) electrons. The molecule has 0 aromatic carbocycles. The van der Waals surface area contributed by atoms with Gasteiger partial charge in [0.2, 0.25) is 0 Å². The summed E-state index contributed by atoms with van der Waals surface area (Å²) in [6.45, 7) is 4.98. The molecular weight excluding hydrogens is 737 g/mol. The van der Waals surface area contributed by atoms with Crippen molar-refractivity contribution in [3.63, 3.8) is 0 Å². The Kier molecular flexibility index (Phi) is 37.2. The fourth-order valence-electron chi connectivity index (χ4n) is 7.70. The van der Waals surface area contributed by atoms with Crippen LogP contribution in [0, 0.1) is 0 Å². The number of aliphatic hydroxyl groups excluding tert-OH is 4. The van der Waals surface area contributed by atoms with Crippen LogP contribution >= 0.6 is 0 Å². The summed E-state index contributed by atoms with van der Waals surface area (Å²) in [6, 6.07) is 0. The van der Waals surface area contributed by atoms with E-state index in [1.54, 1.807) is 0 Å². The van der Waals surface area contributed by atoms with Gasteiger partial charge in [-0.3, -0.25) is 9.59 Å². The van der Waals surface area contributed by atoms with Crippen molar-refractivity contribution in [3.8, 4) is 0 Å². The van der Waals surface area contributed by atoms with Gasteiger partial charge < -0.3 is 39.4 Å². The molecule has 1 saturated heterocycles. The van der Waals surface area contributed by atoms with E-state index in [0.29, 0.717) is 6.42 Å². The quantitative estimate of drug-likeness (QED) is 0.0266. The first-order chi connectivity index (χ1) is 28.3. The largest absolute Gasteiger partial charge is 0.462 e. The van der Waals surface area contributed by atoms with Crippen molar-refractivity contribution in [3.05, 3.63) is 12.7 Å². The number of rotatable bonds is 42. The fourth-order valence-corrected chi connectivity index (χ4v) is 7.70. The van der Waals surface area contributed by atoms with Gasteiger partial charge in [0.05, 0.1) is 13.2 Å². The van der Waals surface area contributed by atoms with E-state index >= 15 is 0 Å². The second-order valence-electron chi connectivity index (χ2n) is 17.0. The molecule has 10 nitrogen and oxygen atoms in total. The predicted octanol–water partition coefficient (Wildman–Crippen LogP) is 10.7. The Morgan fingerprint density at radius 3 is 1.36 bits per heavy atom. The lowest BCUT2D eigenvalue weighted by Crippen LogP contribution is -2.59. The topological polar surface area (TPSA) is 152 Å². The first-order valence-electron chi connectivity index (χ1n) is 24.2. The molecule has 0 spiro atoms. The molecule has 1 aliphatic heterocycles. The molecule has 1 heterocycles. The normalized spacial score (nSPS) is 19.9. The van der Waals surface area contributed by atoms with Gasteiger partial charge in [-0.2, -0.15) is 0 Å². The van der Waals surface area contributed by atoms with Crippen molar-refractivity contribution < 1.29 is 49.0 Å². The number of hydrogen-bond acceptors (Lipinski definition) is 10. The Morgan fingerprint density at radius 2 is 0.948 bits per heavy atom. The van der Waals surface area contributed by atoms with Gasteiger partial charge in [0, 0.05) is 12.8 Å². The maximum atomic E-state index is 12.8. The summed E-state index contributed by atoms with van der Waals surface area (Å²) in [6.07, 6.45) is 33.9. The molecule has 6 atom stereocenters. The van der Waals surface area contributed by atoms with E-state index in [1.807, 2.05) is 6.08 Å². The van der Waals surface area contributed by atoms with E-state index in [1.165, 1.54) is 154 Å². The zero-order valence-corrected chi connectivity index (χ0v) is 37.1. The first-order valence-corrected chi connectivity index (χ1v) is 24.2. The van der Waals surface area contributed by atoms with Gasteiger partial charge in [0.1, 0.15) is 31.0 Å². The van der Waals surface area contributed by atoms with Crippen molar-refractivity contribution in [2.45, 2.75) is 262 Å². The van der Waals surface area contributed by atoms with Crippen LogP contribution in [0.3, 0.4) is 0 Å². The van der Waals surface area contributed by atoms with Crippen LogP contribution in [-0.2, 0) is 28.5 Å². The second kappa shape index (κ2) is 39.6. The van der Waals surface area contributed by atoms with Crippen LogP contribution < -0.4 is 0 Å². The number of aliphatic hydroxyl groups is 4. The van der Waals surface area contributed by atoms with Crippen molar-refractivity contribution in [1.29, 1.82) is 0 Å². The molecule has 1 fully saturated rings. The zero-order chi connectivity index (χ0) is 42.3. The lowest BCUT2D eigenvalue weighted by Gasteiger charge is -2.39. The number of carbonyl (C=O) groups is 2. The van der Waals surface area contributed by atoms with E-state index < -0.39 is 49.4 Å². The van der Waals surface area contributed by atoms with Crippen molar-refractivity contribution in [2.75, 3.05) is 19.8 Å². The van der Waals surface area contributed by atoms with Crippen molar-refractivity contribution in [2.24, 2.45) is 0 Å². The molecule has 2 unspecified atom stereocenters. The van der Waals surface area contributed by atoms with Crippen LogP contribution in [0.1, 0.15) is 225 Å². The lowest BCUT2D eigenvalue weighted by atomic mass is 9.99. The van der Waals surface area contributed by atoms with E-state index in [9.17, 15) is 30.0 Å². The number of carbonyl (C=O) groups excluding carboxylic acids is 2. The smallest absolute Gasteiger partial charge is 0.306 e. The molecule has 0 aliphatic carbocycles. The molecule has 1 aliphatic rings. The van der Waals surface area contributed by atoms with Gasteiger partial charge in [-0.15, -0.1) is 6.58 Å². The fraction of sp³-hybridized carbons (Fsp3) is 0.917. The summed E-state index contributed by atoms with van der Waals surface area (Å²) in [7, 11) is 0. The molecule has 0 bridgehead atoms. The zero-order valence-electron chi connectivity index (χ0n) is 37.1. The highest BCUT2D eigenvalue weighted by Gasteiger charge is 2.44. The molecule has 0 saturated carbocycles. The Balaban J connectivity index is 2.27. The van der Waals surface area contributed by atoms with Gasteiger partial charge in [-0.1, -0.05) is 193 Å². The molecule has 342 valence electrons. The van der Waals surface area contributed by atoms with Gasteiger partial charge >= 0.3 is 11.9 Å². The summed E-state index contributed by atoms with van der Waals surface area (Å²) in [5.74, 6) is -0.795. The third-order valence-electron chi connectivity index (χ3n) is 11.5. The maximum absolute atomic E-state index is 12.8. The molecule has 1 rings (SSSR count). The van der Waals surface area contributed by atoms with E-state index in [2.05, 4.69) is 13.5 Å². The van der Waals surface area contributed by atoms with Gasteiger partial charge in [0.25, 0.3) is 0 Å². The highest BCUT2D eigenvalue weighted by molar-refractivity contribution is 5.70. The number of esters is 2. The molecular formula is C48H90O10. The average molecular weight is 827 g/mol. The number of ether oxygens (including phenoxy) is 4. The summed E-state index contributed by atoms with van der Waals surface area (Å²) in [5.41, 5.74) is 0. The number of allylic oxidation sites excluding steroid dienone is 1. The molecule has 58 heavy (non-hydrogen) atoms. The highest BCUT2D eigenvalue weighted by atomic mass is 16.7. The summed E-state index contributed by atoms with van der Waals surface area (Å²) in [5, 5.41) is 40.1. The Labute approximate surface area is 354 Å². The van der Waals surface area contributed by atoms with Crippen LogP contribution in [0.15, 0.2) is 12.7 Å². The van der Waals surface area contributed by atoms with Crippen molar-refractivity contribution >= 4 is 11.9 Å². The third-order valence-corrected chi connectivity index (χ3v) is 11.5. The van der Waals surface area contributed by atoms with Crippen LogP contribution in [-0.4, -0.2) is 89.0 Å². The monoisotopic (exact) mass is 827 g/mol. The summed E-state index contributed by atoms with van der Waals surface area (Å²) in [4.78, 5) is 25.4. The maximum Gasteiger partial charge on any atom is 0.306 e. The Hall–Kier alpha value is -1.56. The summed E-state index contributed by atoms with van der Waals surface area (Å²) < 4.78 is 22.2. The molecule has 10 heteroatoms. The van der Waals surface area contributed by atoms with Crippen LogP contribution in [0.2, 0.25) is 0 Å². The molecule has 4 N–H and O–H groups in total. The van der Waals surface area contributed by atoms with Crippen LogP contribution in [0.25, 0.3) is 0 Å². The lowest BCUT2D eigenvalue weighted by molar-refractivity contribution is -0.305. The minimum absolute atomic E-state index is 0.212. The van der Waals surface area contributed by atoms with Crippen LogP contribution in [0.4, 0.5) is 0 Å². The minimum Gasteiger partial charge on any atom is -0.462 e. The average Bonchev–Trinajstić information content (AvgIpc) is 3.22. The SMILES string of the molecule is C=CCCCCCCCCCCCCCCCC(=O)OC[C@H](CO[C@@H]1O[C@H](CO)[C@H](O)C(O)C1O)OC(=O)CCCCCCCCCCCCCCCCCCCC. The van der Waals surface area contributed by atoms with E-state index in [-0.39, 0.29) is 32.0 Å². The van der Waals surface area contributed by atoms with Crippen LogP contribution in [0.5, 0.6) is 0 Å². The highest BCUT2D eigenvalue weighted by Crippen LogP contribution is 2.23. The van der Waals surface area contributed by atoms with Gasteiger partial charge in [-0.05, 0) is 25.7 Å². The second-order valence-corrected chi connectivity index (χ2v) is 17.0. The number of unbranched alkanes of at least 4 members (excludes halogenated alkanes) is 30. The molecule has 0 amide bonds. The predicted molar refractivity (Wildman–Crippen MR) is 233 cm³/mol. The van der Waals surface area contributed by atoms with E-state index in [0.717, 1.165) is 44.9 Å². The van der Waals surface area contributed by atoms with Gasteiger partial charge in [0.15, 0.2) is 12.4 Å². The molecule has 0 aromatic heterocycles. The minimum atomic E-state index is -1.59. The molecule has 0 aromatic rings. The van der Waals surface area contributed by atoms with Gasteiger partial charge in [-0.25, -0.2) is 0 Å². The van der Waals surface area contributed by atoms with E-state index in [4.69, 9.17) is 18.9 Å². The summed E-state index contributed by atoms with van der Waals surface area (Å²) >= 11 is 0. The standard InChI is InChI=1S/C48H90O10/c1-3-5-7-9-11-13-15-17-19-20-21-23-25-27-29-31-33-35-37-44(51)57-41(40-56-48-47(54)46(53)45(52)42(38-49)58-48)39-55-43(50)36-34-32-30-28-26-24-22-18-16-14-12-10-8-6-4-2/h4,41-42,45-49,52-54H,2-3,5-40H2,1H3/t41-,42-,45+,46?,47?,48-/m1/s1. The Morgan fingerprint density at radius 1 is 0.552 bits per heavy atom. The third kappa shape index (κ3) is 30.5.